The summed E-state index contributed by atoms with van der Waals surface area (Å²) in [6, 6.07) is 12.3. The minimum Gasteiger partial charge on any atom is -0.377 e. The summed E-state index contributed by atoms with van der Waals surface area (Å²) in [5.74, 6) is 0. The fraction of sp³-hybridized carbons (Fsp3) is 0.806. The van der Waals surface area contributed by atoms with Gasteiger partial charge in [-0.15, -0.1) is 0 Å². The first-order chi connectivity index (χ1) is 17.6. The predicted octanol–water partition coefficient (Wildman–Crippen LogP) is 8.88. The molecule has 0 heterocycles. The van der Waals surface area contributed by atoms with Gasteiger partial charge in [0.1, 0.15) is 0 Å². The molecule has 0 aliphatic heterocycles. The normalized spacial score (nSPS) is 13.8. The molecule has 216 valence electrons. The van der Waals surface area contributed by atoms with Gasteiger partial charge >= 0.3 is 8.80 Å². The lowest BCUT2D eigenvalue weighted by atomic mass is 10.1. The Morgan fingerprint density at radius 3 is 1.57 bits per heavy atom. The second-order valence-corrected chi connectivity index (χ2v) is 25.2. The zero-order valence-electron chi connectivity index (χ0n) is 26.2. The molecule has 0 radical (unpaired) electrons. The summed E-state index contributed by atoms with van der Waals surface area (Å²) >= 11 is 0. The van der Waals surface area contributed by atoms with Crippen LogP contribution >= 0.6 is 0 Å². The van der Waals surface area contributed by atoms with E-state index in [4.69, 9.17) is 13.3 Å². The highest BCUT2D eigenvalue weighted by atomic mass is 28.4. The molecule has 0 aromatic heterocycles. The van der Waals surface area contributed by atoms with Gasteiger partial charge in [-0.2, -0.15) is 0 Å². The third-order valence-electron chi connectivity index (χ3n) is 9.05. The van der Waals surface area contributed by atoms with Crippen LogP contribution in [-0.2, 0) is 13.3 Å². The van der Waals surface area contributed by atoms with Crippen molar-refractivity contribution in [2.24, 2.45) is 0 Å². The molecule has 0 spiro atoms. The standard InChI is InChI=1S/C31H62O3Si3/c1-10-12-13-14-15-16-19-22-29(11-2)36(8,9)31-25-23-30(24-26-31)35(6,7)27-20-17-18-21-28-37(32-3,33-4)34-5/h23-26,29H,10-22,27-28H2,1-9H3. The molecule has 1 rings (SSSR count). The molecule has 37 heavy (non-hydrogen) atoms. The lowest BCUT2D eigenvalue weighted by molar-refractivity contribution is 0.122. The van der Waals surface area contributed by atoms with E-state index in [2.05, 4.69) is 64.3 Å². The summed E-state index contributed by atoms with van der Waals surface area (Å²) in [6.07, 6.45) is 17.6. The number of rotatable bonds is 22. The average molecular weight is 567 g/mol. The molecule has 0 N–H and O–H groups in total. The van der Waals surface area contributed by atoms with Gasteiger partial charge in [0.25, 0.3) is 0 Å². The molecule has 1 unspecified atom stereocenters. The minimum atomic E-state index is -2.40. The van der Waals surface area contributed by atoms with Crippen molar-refractivity contribution in [2.45, 2.75) is 141 Å². The van der Waals surface area contributed by atoms with Gasteiger partial charge in [-0.05, 0) is 12.0 Å². The highest BCUT2D eigenvalue weighted by Crippen LogP contribution is 2.31. The number of benzene rings is 1. The van der Waals surface area contributed by atoms with Crippen molar-refractivity contribution in [2.75, 3.05) is 21.3 Å². The summed E-state index contributed by atoms with van der Waals surface area (Å²) in [7, 11) is -0.129. The van der Waals surface area contributed by atoms with E-state index in [-0.39, 0.29) is 0 Å². The molecular weight excluding hydrogens is 505 g/mol. The first-order valence-electron chi connectivity index (χ1n) is 15.4. The topological polar surface area (TPSA) is 27.7 Å². The van der Waals surface area contributed by atoms with E-state index in [1.807, 2.05) is 0 Å². The van der Waals surface area contributed by atoms with Gasteiger partial charge in [-0.3, -0.25) is 0 Å². The van der Waals surface area contributed by atoms with Crippen LogP contribution in [0.5, 0.6) is 0 Å². The molecular formula is C31H62O3Si3. The maximum absolute atomic E-state index is 5.55. The molecule has 0 saturated carbocycles. The molecule has 6 heteroatoms. The van der Waals surface area contributed by atoms with Crippen LogP contribution in [0.4, 0.5) is 0 Å². The summed E-state index contributed by atoms with van der Waals surface area (Å²) in [6.45, 7) is 15.1. The van der Waals surface area contributed by atoms with Gasteiger partial charge in [-0.1, -0.05) is 158 Å². The number of hydrogen-bond donors (Lipinski definition) is 0. The van der Waals surface area contributed by atoms with Gasteiger partial charge in [0.2, 0.25) is 0 Å². The van der Waals surface area contributed by atoms with Crippen molar-refractivity contribution in [3.8, 4) is 0 Å². The van der Waals surface area contributed by atoms with Crippen LogP contribution < -0.4 is 10.4 Å². The van der Waals surface area contributed by atoms with Crippen molar-refractivity contribution in [3.05, 3.63) is 24.3 Å². The minimum absolute atomic E-state index is 0.898. The van der Waals surface area contributed by atoms with E-state index < -0.39 is 25.0 Å². The number of hydrogen-bond acceptors (Lipinski definition) is 3. The Kier molecular flexibility index (Phi) is 17.1. The number of unbranched alkanes of at least 4 members (excludes halogenated alkanes) is 9. The Morgan fingerprint density at radius 1 is 0.595 bits per heavy atom. The van der Waals surface area contributed by atoms with Crippen molar-refractivity contribution in [1.29, 1.82) is 0 Å². The Labute approximate surface area is 234 Å². The second kappa shape index (κ2) is 18.2. The highest BCUT2D eigenvalue weighted by Gasteiger charge is 2.37. The summed E-state index contributed by atoms with van der Waals surface area (Å²) < 4.78 is 16.7. The zero-order chi connectivity index (χ0) is 27.8. The summed E-state index contributed by atoms with van der Waals surface area (Å²) in [5, 5.41) is 3.30. The second-order valence-electron chi connectivity index (χ2n) is 12.4. The smallest absolute Gasteiger partial charge is 0.377 e. The summed E-state index contributed by atoms with van der Waals surface area (Å²) in [4.78, 5) is 0. The van der Waals surface area contributed by atoms with Crippen molar-refractivity contribution in [3.63, 3.8) is 0 Å². The van der Waals surface area contributed by atoms with E-state index in [9.17, 15) is 0 Å². The first-order valence-corrected chi connectivity index (χ1v) is 23.6. The Balaban J connectivity index is 2.55. The van der Waals surface area contributed by atoms with Crippen LogP contribution in [0.1, 0.15) is 97.3 Å². The zero-order valence-corrected chi connectivity index (χ0v) is 29.2. The van der Waals surface area contributed by atoms with Crippen LogP contribution in [0.25, 0.3) is 0 Å². The summed E-state index contributed by atoms with van der Waals surface area (Å²) in [5.41, 5.74) is 0.898. The molecule has 1 atom stereocenters. The van der Waals surface area contributed by atoms with Gasteiger partial charge in [-0.25, -0.2) is 0 Å². The largest absolute Gasteiger partial charge is 0.500 e. The van der Waals surface area contributed by atoms with E-state index in [1.54, 1.807) is 31.7 Å². The molecule has 3 nitrogen and oxygen atoms in total. The average Bonchev–Trinajstić information content (AvgIpc) is 2.90. The van der Waals surface area contributed by atoms with Gasteiger partial charge < -0.3 is 13.3 Å². The Bertz CT molecular complexity index is 694. The molecule has 0 fully saturated rings. The maximum atomic E-state index is 5.55. The molecule has 1 aromatic carbocycles. The maximum Gasteiger partial charge on any atom is 0.500 e. The fourth-order valence-corrected chi connectivity index (χ4v) is 13.7. The molecule has 0 bridgehead atoms. The van der Waals surface area contributed by atoms with E-state index in [1.165, 1.54) is 83.1 Å². The van der Waals surface area contributed by atoms with Crippen molar-refractivity contribution < 1.29 is 13.3 Å². The highest BCUT2D eigenvalue weighted by molar-refractivity contribution is 6.92. The van der Waals surface area contributed by atoms with E-state index >= 15 is 0 Å². The SMILES string of the molecule is CCCCCCCCCC(CC)[Si](C)(C)c1ccc([Si](C)(C)CCCCCC[Si](OC)(OC)OC)cc1. The van der Waals surface area contributed by atoms with E-state index in [0.29, 0.717) is 0 Å². The predicted molar refractivity (Wildman–Crippen MR) is 172 cm³/mol. The lowest BCUT2D eigenvalue weighted by Crippen LogP contribution is -2.48. The van der Waals surface area contributed by atoms with Crippen LogP contribution in [-0.4, -0.2) is 46.3 Å². The molecule has 0 aliphatic rings. The monoisotopic (exact) mass is 566 g/mol. The van der Waals surface area contributed by atoms with Crippen LogP contribution in [0.3, 0.4) is 0 Å². The Hall–Kier alpha value is -0.249. The van der Waals surface area contributed by atoms with Gasteiger partial charge in [0.05, 0.1) is 16.1 Å². The van der Waals surface area contributed by atoms with Crippen LogP contribution in [0.15, 0.2) is 24.3 Å². The van der Waals surface area contributed by atoms with Gasteiger partial charge in [0, 0.05) is 27.4 Å². The lowest BCUT2D eigenvalue weighted by Gasteiger charge is -2.33. The fourth-order valence-electron chi connectivity index (χ4n) is 5.97. The third kappa shape index (κ3) is 11.8. The first kappa shape index (κ1) is 34.8. The van der Waals surface area contributed by atoms with Gasteiger partial charge in [0.15, 0.2) is 0 Å². The van der Waals surface area contributed by atoms with E-state index in [0.717, 1.165) is 18.0 Å². The Morgan fingerprint density at radius 2 is 1.05 bits per heavy atom. The quantitative estimate of drug-likeness (QED) is 0.104. The molecule has 1 aromatic rings. The molecule has 0 amide bonds. The molecule has 0 aliphatic carbocycles. The molecule has 0 saturated heterocycles. The van der Waals surface area contributed by atoms with Crippen LogP contribution in [0.2, 0.25) is 43.8 Å². The van der Waals surface area contributed by atoms with Crippen molar-refractivity contribution in [1.82, 2.24) is 0 Å². The third-order valence-corrected chi connectivity index (χ3v) is 19.9. The van der Waals surface area contributed by atoms with Crippen molar-refractivity contribution >= 4 is 35.3 Å². The van der Waals surface area contributed by atoms with Crippen LogP contribution in [0, 0.1) is 0 Å².